The molecule has 0 saturated carbocycles. The lowest BCUT2D eigenvalue weighted by atomic mass is 10.1. The Bertz CT molecular complexity index is 699. The molecular weight excluding hydrogens is 286 g/mol. The van der Waals surface area contributed by atoms with E-state index in [1.807, 2.05) is 38.5 Å². The summed E-state index contributed by atoms with van der Waals surface area (Å²) in [5, 5.41) is 0. The molecule has 4 nitrogen and oxygen atoms in total. The van der Waals surface area contributed by atoms with E-state index in [1.165, 1.54) is 5.69 Å². The molecule has 23 heavy (non-hydrogen) atoms. The molecule has 0 aliphatic carbocycles. The van der Waals surface area contributed by atoms with Crippen LogP contribution >= 0.6 is 0 Å². The number of pyridine rings is 1. The third-order valence-corrected chi connectivity index (χ3v) is 3.75. The molecule has 0 unspecified atom stereocenters. The molecule has 1 heterocycles. The van der Waals surface area contributed by atoms with Gasteiger partial charge in [0.15, 0.2) is 0 Å². The summed E-state index contributed by atoms with van der Waals surface area (Å²) < 4.78 is 1.73. The fourth-order valence-electron chi connectivity index (χ4n) is 2.31. The molecule has 2 N–H and O–H groups in total. The van der Waals surface area contributed by atoms with Crippen LogP contribution in [-0.2, 0) is 6.54 Å². The number of aromatic nitrogens is 1. The minimum Gasteiger partial charge on any atom is -0.378 e. The highest BCUT2D eigenvalue weighted by atomic mass is 16.1. The maximum Gasteiger partial charge on any atom is 0.251 e. The van der Waals surface area contributed by atoms with E-state index in [9.17, 15) is 4.79 Å². The minimum absolute atomic E-state index is 0.0344. The van der Waals surface area contributed by atoms with Crippen LogP contribution in [-0.4, -0.2) is 25.2 Å². The van der Waals surface area contributed by atoms with Gasteiger partial charge in [-0.05, 0) is 48.7 Å². The number of benzene rings is 1. The first-order chi connectivity index (χ1) is 11.1. The lowest BCUT2D eigenvalue weighted by Crippen LogP contribution is -2.19. The van der Waals surface area contributed by atoms with Gasteiger partial charge in [0.25, 0.3) is 5.56 Å². The maximum atomic E-state index is 12.1. The second-order valence-electron chi connectivity index (χ2n) is 5.81. The largest absolute Gasteiger partial charge is 0.378 e. The second kappa shape index (κ2) is 8.34. The number of unbranched alkanes of at least 4 members (excludes halogenated alkanes) is 1. The Morgan fingerprint density at radius 1 is 1.04 bits per heavy atom. The summed E-state index contributed by atoms with van der Waals surface area (Å²) >= 11 is 0. The normalized spacial score (nSPS) is 11.1. The molecular formula is C19H25N3O. The monoisotopic (exact) mass is 311 g/mol. The standard InChI is InChI=1S/C19H25N3O/c1-21(2)18-9-7-16(8-10-18)5-6-17-11-14-22(19(23)15-17)13-4-3-12-20/h5-11,14-15H,3-4,12-13,20H2,1-2H3/b6-5+. The van der Waals surface area contributed by atoms with Crippen molar-refractivity contribution in [3.63, 3.8) is 0 Å². The molecule has 0 radical (unpaired) electrons. The zero-order chi connectivity index (χ0) is 16.7. The first-order valence-corrected chi connectivity index (χ1v) is 7.96. The molecule has 1 aromatic heterocycles. The van der Waals surface area contributed by atoms with Gasteiger partial charge in [-0.15, -0.1) is 0 Å². The van der Waals surface area contributed by atoms with Crippen LogP contribution in [0.15, 0.2) is 47.4 Å². The number of hydrogen-bond donors (Lipinski definition) is 1. The molecule has 0 atom stereocenters. The van der Waals surface area contributed by atoms with Gasteiger partial charge in [0.1, 0.15) is 0 Å². The Morgan fingerprint density at radius 2 is 1.74 bits per heavy atom. The van der Waals surface area contributed by atoms with Crippen LogP contribution < -0.4 is 16.2 Å². The fraction of sp³-hybridized carbons (Fsp3) is 0.316. The van der Waals surface area contributed by atoms with Crippen molar-refractivity contribution in [2.75, 3.05) is 25.5 Å². The highest BCUT2D eigenvalue weighted by molar-refractivity contribution is 5.70. The Morgan fingerprint density at radius 3 is 2.35 bits per heavy atom. The maximum absolute atomic E-state index is 12.1. The molecule has 0 aliphatic heterocycles. The highest BCUT2D eigenvalue weighted by Gasteiger charge is 1.97. The lowest BCUT2D eigenvalue weighted by Gasteiger charge is -2.11. The predicted octanol–water partition coefficient (Wildman–Crippen LogP) is 2.82. The van der Waals surface area contributed by atoms with Crippen molar-refractivity contribution in [1.29, 1.82) is 0 Å². The van der Waals surface area contributed by atoms with Gasteiger partial charge in [-0.25, -0.2) is 0 Å². The Balaban J connectivity index is 2.04. The second-order valence-corrected chi connectivity index (χ2v) is 5.81. The van der Waals surface area contributed by atoms with Crippen molar-refractivity contribution in [1.82, 2.24) is 4.57 Å². The van der Waals surface area contributed by atoms with Crippen LogP contribution in [0.2, 0.25) is 0 Å². The molecule has 0 aliphatic rings. The molecule has 0 bridgehead atoms. The van der Waals surface area contributed by atoms with E-state index < -0.39 is 0 Å². The lowest BCUT2D eigenvalue weighted by molar-refractivity contribution is 0.598. The van der Waals surface area contributed by atoms with Crippen molar-refractivity contribution in [2.45, 2.75) is 19.4 Å². The van der Waals surface area contributed by atoms with E-state index in [2.05, 4.69) is 29.2 Å². The van der Waals surface area contributed by atoms with Crippen LogP contribution in [0.4, 0.5) is 5.69 Å². The summed E-state index contributed by atoms with van der Waals surface area (Å²) in [6.07, 6.45) is 7.72. The minimum atomic E-state index is 0.0344. The molecule has 2 rings (SSSR count). The van der Waals surface area contributed by atoms with E-state index in [-0.39, 0.29) is 5.56 Å². The molecule has 122 valence electrons. The van der Waals surface area contributed by atoms with Gasteiger partial charge in [0, 0.05) is 38.6 Å². The van der Waals surface area contributed by atoms with E-state index in [4.69, 9.17) is 5.73 Å². The van der Waals surface area contributed by atoms with Crippen LogP contribution in [0.1, 0.15) is 24.0 Å². The van der Waals surface area contributed by atoms with E-state index >= 15 is 0 Å². The van der Waals surface area contributed by atoms with Gasteiger partial charge in [-0.2, -0.15) is 0 Å². The highest BCUT2D eigenvalue weighted by Crippen LogP contribution is 2.14. The SMILES string of the molecule is CN(C)c1ccc(/C=C/c2ccn(CCCCN)c(=O)c2)cc1. The van der Waals surface area contributed by atoms with Gasteiger partial charge in [-0.1, -0.05) is 24.3 Å². The van der Waals surface area contributed by atoms with Crippen molar-refractivity contribution in [3.8, 4) is 0 Å². The number of aryl methyl sites for hydroxylation is 1. The Labute approximate surface area is 137 Å². The van der Waals surface area contributed by atoms with Gasteiger partial charge < -0.3 is 15.2 Å². The zero-order valence-corrected chi connectivity index (χ0v) is 13.9. The summed E-state index contributed by atoms with van der Waals surface area (Å²) in [5.41, 5.74) is 8.71. The summed E-state index contributed by atoms with van der Waals surface area (Å²) in [6.45, 7) is 1.40. The third kappa shape index (κ3) is 5.11. The third-order valence-electron chi connectivity index (χ3n) is 3.75. The number of anilines is 1. The zero-order valence-electron chi connectivity index (χ0n) is 13.9. The molecule has 2 aromatic rings. The van der Waals surface area contributed by atoms with E-state index in [0.29, 0.717) is 6.54 Å². The molecule has 0 amide bonds. The fourth-order valence-corrected chi connectivity index (χ4v) is 2.31. The van der Waals surface area contributed by atoms with Crippen LogP contribution in [0.5, 0.6) is 0 Å². The first kappa shape index (κ1) is 17.0. The number of nitrogens with zero attached hydrogens (tertiary/aromatic N) is 2. The van der Waals surface area contributed by atoms with Gasteiger partial charge in [-0.3, -0.25) is 4.79 Å². The molecule has 1 aromatic carbocycles. The number of hydrogen-bond acceptors (Lipinski definition) is 3. The topological polar surface area (TPSA) is 51.3 Å². The smallest absolute Gasteiger partial charge is 0.251 e. The molecule has 0 spiro atoms. The predicted molar refractivity (Wildman–Crippen MR) is 98.7 cm³/mol. The van der Waals surface area contributed by atoms with Crippen molar-refractivity contribution in [2.24, 2.45) is 5.73 Å². The van der Waals surface area contributed by atoms with Gasteiger partial charge >= 0.3 is 0 Å². The average Bonchev–Trinajstić information content (AvgIpc) is 2.55. The summed E-state index contributed by atoms with van der Waals surface area (Å²) in [5.74, 6) is 0. The first-order valence-electron chi connectivity index (χ1n) is 7.96. The number of nitrogens with two attached hydrogens (primary N) is 1. The van der Waals surface area contributed by atoms with E-state index in [0.717, 1.165) is 30.5 Å². The van der Waals surface area contributed by atoms with Crippen LogP contribution in [0, 0.1) is 0 Å². The van der Waals surface area contributed by atoms with Crippen molar-refractivity contribution >= 4 is 17.8 Å². The molecule has 0 fully saturated rings. The van der Waals surface area contributed by atoms with Crippen molar-refractivity contribution < 1.29 is 0 Å². The van der Waals surface area contributed by atoms with Crippen molar-refractivity contribution in [3.05, 3.63) is 64.1 Å². The quantitative estimate of drug-likeness (QED) is 0.800. The van der Waals surface area contributed by atoms with Gasteiger partial charge in [0.2, 0.25) is 0 Å². The van der Waals surface area contributed by atoms with Crippen LogP contribution in [0.3, 0.4) is 0 Å². The van der Waals surface area contributed by atoms with E-state index in [1.54, 1.807) is 10.6 Å². The Hall–Kier alpha value is -2.33. The van der Waals surface area contributed by atoms with Gasteiger partial charge in [0.05, 0.1) is 0 Å². The molecule has 0 saturated heterocycles. The van der Waals surface area contributed by atoms with Crippen LogP contribution in [0.25, 0.3) is 12.2 Å². The summed E-state index contributed by atoms with van der Waals surface area (Å²) in [6, 6.07) is 11.9. The summed E-state index contributed by atoms with van der Waals surface area (Å²) in [4.78, 5) is 14.1. The number of rotatable bonds is 7. The summed E-state index contributed by atoms with van der Waals surface area (Å²) in [7, 11) is 4.04. The Kier molecular flexibility index (Phi) is 6.18. The molecule has 4 heteroatoms. The average molecular weight is 311 g/mol.